The van der Waals surface area contributed by atoms with E-state index < -0.39 is 11.9 Å². The molecular formula is C15H15N3O4S. The van der Waals surface area contributed by atoms with Gasteiger partial charge in [0.1, 0.15) is 5.75 Å². The lowest BCUT2D eigenvalue weighted by Gasteiger charge is -2.07. The Bertz CT molecular complexity index is 691. The van der Waals surface area contributed by atoms with Crippen molar-refractivity contribution < 1.29 is 19.1 Å². The van der Waals surface area contributed by atoms with Crippen molar-refractivity contribution in [3.8, 4) is 5.75 Å². The number of nitrogens with one attached hydrogen (secondary N) is 2. The van der Waals surface area contributed by atoms with Gasteiger partial charge >= 0.3 is 6.03 Å². The second-order valence-corrected chi connectivity index (χ2v) is 5.38. The van der Waals surface area contributed by atoms with Crippen LogP contribution in [0.15, 0.2) is 53.7 Å². The highest BCUT2D eigenvalue weighted by Crippen LogP contribution is 2.15. The zero-order chi connectivity index (χ0) is 16.7. The fourth-order valence-corrected chi connectivity index (χ4v) is 2.38. The summed E-state index contributed by atoms with van der Waals surface area (Å²) in [5, 5.41) is 16.5. The third kappa shape index (κ3) is 5.19. The summed E-state index contributed by atoms with van der Waals surface area (Å²) in [6.07, 6.45) is 1.34. The first-order valence-electron chi connectivity index (χ1n) is 6.64. The van der Waals surface area contributed by atoms with Crippen molar-refractivity contribution in [2.75, 3.05) is 18.2 Å². The van der Waals surface area contributed by atoms with E-state index in [1.165, 1.54) is 6.20 Å². The number of amides is 3. The predicted molar refractivity (Wildman–Crippen MR) is 86.3 cm³/mol. The van der Waals surface area contributed by atoms with E-state index in [1.807, 2.05) is 0 Å². The molecule has 0 bridgehead atoms. The highest BCUT2D eigenvalue weighted by molar-refractivity contribution is 7.99. The Labute approximate surface area is 137 Å². The summed E-state index contributed by atoms with van der Waals surface area (Å²) < 4.78 is 5.67. The fraction of sp³-hybridized carbons (Fsp3) is 0.133. The molecule has 1 aromatic carbocycles. The Morgan fingerprint density at radius 1 is 1.22 bits per heavy atom. The van der Waals surface area contributed by atoms with Gasteiger partial charge in [-0.3, -0.25) is 10.1 Å². The molecule has 8 heteroatoms. The normalized spacial score (nSPS) is 9.96. The number of rotatable bonds is 5. The first-order chi connectivity index (χ1) is 11.1. The first-order valence-corrected chi connectivity index (χ1v) is 7.63. The van der Waals surface area contributed by atoms with Crippen LogP contribution in [0.3, 0.4) is 0 Å². The summed E-state index contributed by atoms with van der Waals surface area (Å²) in [4.78, 5) is 23.4. The molecule has 0 aliphatic rings. The molecule has 1 aromatic heterocycles. The number of hydrogen-bond acceptors (Lipinski definition) is 5. The standard InChI is InChI=1S/C15H15N3O4S/c1-22-12-7-5-11(6-8-12)16-15(20)17-13(19)10-23-14-4-2-3-9-18(14)21/h2-9H,10H2,1H3,(H2,16,17,19,20). The van der Waals surface area contributed by atoms with Gasteiger partial charge in [-0.1, -0.05) is 0 Å². The number of hydrogen-bond donors (Lipinski definition) is 2. The minimum absolute atomic E-state index is 0.0394. The molecule has 0 saturated carbocycles. The molecule has 0 spiro atoms. The average Bonchev–Trinajstić information content (AvgIpc) is 2.54. The zero-order valence-electron chi connectivity index (χ0n) is 12.3. The minimum atomic E-state index is -0.635. The summed E-state index contributed by atoms with van der Waals surface area (Å²) in [6, 6.07) is 11.0. The molecule has 0 fully saturated rings. The third-order valence-electron chi connectivity index (χ3n) is 2.74. The van der Waals surface area contributed by atoms with Crippen molar-refractivity contribution in [3.63, 3.8) is 0 Å². The van der Waals surface area contributed by atoms with Crippen LogP contribution in [0.25, 0.3) is 0 Å². The number of nitrogens with zero attached hydrogens (tertiary/aromatic N) is 1. The van der Waals surface area contributed by atoms with E-state index >= 15 is 0 Å². The molecule has 23 heavy (non-hydrogen) atoms. The summed E-state index contributed by atoms with van der Waals surface area (Å²) in [5.74, 6) is 0.129. The molecule has 120 valence electrons. The number of pyridine rings is 1. The van der Waals surface area contributed by atoms with Crippen molar-refractivity contribution >= 4 is 29.4 Å². The molecule has 0 unspecified atom stereocenters. The molecule has 0 aliphatic carbocycles. The summed E-state index contributed by atoms with van der Waals surface area (Å²) in [5.41, 5.74) is 0.532. The lowest BCUT2D eigenvalue weighted by molar-refractivity contribution is -0.645. The van der Waals surface area contributed by atoms with Crippen molar-refractivity contribution in [3.05, 3.63) is 53.9 Å². The number of carbonyl (C=O) groups excluding carboxylic acids is 2. The smallest absolute Gasteiger partial charge is 0.325 e. The van der Waals surface area contributed by atoms with Gasteiger partial charge in [0.2, 0.25) is 5.91 Å². The van der Waals surface area contributed by atoms with Crippen LogP contribution in [0.1, 0.15) is 0 Å². The van der Waals surface area contributed by atoms with Gasteiger partial charge in [0.25, 0.3) is 5.03 Å². The van der Waals surface area contributed by atoms with Gasteiger partial charge in [0, 0.05) is 17.8 Å². The monoisotopic (exact) mass is 333 g/mol. The maximum Gasteiger partial charge on any atom is 0.325 e. The number of thioether (sulfide) groups is 1. The second kappa shape index (κ2) is 8.04. The van der Waals surface area contributed by atoms with Gasteiger partial charge < -0.3 is 15.3 Å². The van der Waals surface area contributed by atoms with E-state index in [0.717, 1.165) is 11.8 Å². The molecule has 2 N–H and O–H groups in total. The SMILES string of the molecule is COc1ccc(NC(=O)NC(=O)CSc2cccc[n+]2[O-])cc1. The maximum absolute atomic E-state index is 11.7. The number of benzene rings is 1. The number of imide groups is 1. The molecule has 7 nitrogen and oxygen atoms in total. The van der Waals surface area contributed by atoms with Crippen LogP contribution < -0.4 is 20.1 Å². The summed E-state index contributed by atoms with van der Waals surface area (Å²) in [6.45, 7) is 0. The van der Waals surface area contributed by atoms with Crippen LogP contribution in [0.5, 0.6) is 5.75 Å². The first kappa shape index (κ1) is 16.6. The molecule has 1 heterocycles. The zero-order valence-corrected chi connectivity index (χ0v) is 13.1. The van der Waals surface area contributed by atoms with Gasteiger partial charge in [0.05, 0.1) is 12.9 Å². The van der Waals surface area contributed by atoms with Crippen LogP contribution in [-0.4, -0.2) is 24.8 Å². The lowest BCUT2D eigenvalue weighted by Crippen LogP contribution is -2.36. The average molecular weight is 333 g/mol. The van der Waals surface area contributed by atoms with Gasteiger partial charge in [-0.15, -0.1) is 0 Å². The highest BCUT2D eigenvalue weighted by atomic mass is 32.2. The van der Waals surface area contributed by atoms with Gasteiger partial charge in [-0.05, 0) is 42.1 Å². The maximum atomic E-state index is 11.7. The van der Waals surface area contributed by atoms with Crippen molar-refractivity contribution in [1.82, 2.24) is 5.32 Å². The quantitative estimate of drug-likeness (QED) is 0.494. The van der Waals surface area contributed by atoms with E-state index in [2.05, 4.69) is 10.6 Å². The number of urea groups is 1. The van der Waals surface area contributed by atoms with Crippen molar-refractivity contribution in [1.29, 1.82) is 0 Å². The number of anilines is 1. The molecule has 0 radical (unpaired) electrons. The van der Waals surface area contributed by atoms with Crippen LogP contribution in [0.4, 0.5) is 10.5 Å². The van der Waals surface area contributed by atoms with Crippen LogP contribution >= 0.6 is 11.8 Å². The van der Waals surface area contributed by atoms with Crippen molar-refractivity contribution in [2.45, 2.75) is 5.03 Å². The summed E-state index contributed by atoms with van der Waals surface area (Å²) in [7, 11) is 1.55. The van der Waals surface area contributed by atoms with Crippen LogP contribution in [0.2, 0.25) is 0 Å². The largest absolute Gasteiger partial charge is 0.618 e. The fourth-order valence-electron chi connectivity index (χ4n) is 1.66. The third-order valence-corrected chi connectivity index (χ3v) is 3.76. The molecule has 0 aliphatic heterocycles. The number of ether oxygens (including phenoxy) is 1. The Morgan fingerprint density at radius 3 is 2.61 bits per heavy atom. The summed E-state index contributed by atoms with van der Waals surface area (Å²) >= 11 is 1.05. The van der Waals surface area contributed by atoms with Crippen LogP contribution in [-0.2, 0) is 4.79 Å². The Morgan fingerprint density at radius 2 is 1.96 bits per heavy atom. The number of carbonyl (C=O) groups is 2. The second-order valence-electron chi connectivity index (χ2n) is 4.38. The topological polar surface area (TPSA) is 94.4 Å². The van der Waals surface area contributed by atoms with Crippen LogP contribution in [0, 0.1) is 5.21 Å². The van der Waals surface area contributed by atoms with E-state index in [9.17, 15) is 14.8 Å². The highest BCUT2D eigenvalue weighted by Gasteiger charge is 2.11. The van der Waals surface area contributed by atoms with E-state index in [4.69, 9.17) is 4.74 Å². The molecular weight excluding hydrogens is 318 g/mol. The molecule has 0 atom stereocenters. The van der Waals surface area contributed by atoms with E-state index in [1.54, 1.807) is 49.6 Å². The molecule has 2 rings (SSSR count). The number of aromatic nitrogens is 1. The Balaban J connectivity index is 1.80. The van der Waals surface area contributed by atoms with Gasteiger partial charge in [-0.2, -0.15) is 4.73 Å². The van der Waals surface area contributed by atoms with Crippen molar-refractivity contribution in [2.24, 2.45) is 0 Å². The lowest BCUT2D eigenvalue weighted by atomic mass is 10.3. The minimum Gasteiger partial charge on any atom is -0.618 e. The van der Waals surface area contributed by atoms with Gasteiger partial charge in [0.15, 0.2) is 6.20 Å². The molecule has 3 amide bonds. The van der Waals surface area contributed by atoms with Gasteiger partial charge in [-0.25, -0.2) is 4.79 Å². The molecule has 2 aromatic rings. The predicted octanol–water partition coefficient (Wildman–Crippen LogP) is 1.77. The van der Waals surface area contributed by atoms with E-state index in [-0.39, 0.29) is 5.75 Å². The molecule has 0 saturated heterocycles. The Hall–Kier alpha value is -2.74. The van der Waals surface area contributed by atoms with E-state index in [0.29, 0.717) is 21.2 Å². The number of methoxy groups -OCH3 is 1. The Kier molecular flexibility index (Phi) is 5.81.